The number of hydrogen-bond acceptors (Lipinski definition) is 5. The first-order chi connectivity index (χ1) is 12.6. The molecule has 2 aliphatic rings. The highest BCUT2D eigenvalue weighted by Gasteiger charge is 2.39. The summed E-state index contributed by atoms with van der Waals surface area (Å²) in [6.45, 7) is 1.37. The Labute approximate surface area is 152 Å². The molecular weight excluding hydrogens is 354 g/mol. The quantitative estimate of drug-likeness (QED) is 0.783. The Kier molecular flexibility index (Phi) is 4.39. The van der Waals surface area contributed by atoms with E-state index in [1.54, 1.807) is 11.1 Å². The van der Waals surface area contributed by atoms with Gasteiger partial charge in [0, 0.05) is 25.8 Å². The van der Waals surface area contributed by atoms with Gasteiger partial charge in [0.05, 0.1) is 17.1 Å². The molecule has 1 saturated heterocycles. The van der Waals surface area contributed by atoms with Gasteiger partial charge < -0.3 is 4.90 Å². The lowest BCUT2D eigenvalue weighted by Crippen LogP contribution is -2.50. The first-order valence-corrected chi connectivity index (χ1v) is 10.3. The molecule has 1 aromatic carbocycles. The van der Waals surface area contributed by atoms with Crippen molar-refractivity contribution in [3.8, 4) is 0 Å². The molecule has 0 radical (unpaired) electrons. The number of anilines is 1. The van der Waals surface area contributed by atoms with Crippen LogP contribution in [0.3, 0.4) is 0 Å². The summed E-state index contributed by atoms with van der Waals surface area (Å²) in [5.74, 6) is -0.128. The van der Waals surface area contributed by atoms with Crippen molar-refractivity contribution >= 4 is 21.6 Å². The zero-order valence-corrected chi connectivity index (χ0v) is 15.2. The Bertz CT molecular complexity index is 897. The van der Waals surface area contributed by atoms with Crippen LogP contribution in [0, 0.1) is 0 Å². The fourth-order valence-electron chi connectivity index (χ4n) is 3.72. The van der Waals surface area contributed by atoms with E-state index in [9.17, 15) is 13.2 Å². The third-order valence-electron chi connectivity index (χ3n) is 5.07. The lowest BCUT2D eigenvalue weighted by atomic mass is 10.1. The van der Waals surface area contributed by atoms with Crippen LogP contribution in [0.5, 0.6) is 0 Å². The van der Waals surface area contributed by atoms with E-state index in [1.165, 1.54) is 15.2 Å². The molecule has 0 spiro atoms. The van der Waals surface area contributed by atoms with Gasteiger partial charge in [-0.3, -0.25) is 9.10 Å². The topological polar surface area (TPSA) is 88.4 Å². The molecule has 26 heavy (non-hydrogen) atoms. The summed E-state index contributed by atoms with van der Waals surface area (Å²) in [6, 6.07) is 7.62. The van der Waals surface area contributed by atoms with Crippen molar-refractivity contribution in [1.29, 1.82) is 0 Å². The normalized spacial score (nSPS) is 20.2. The van der Waals surface area contributed by atoms with Crippen LogP contribution < -0.4 is 4.31 Å². The lowest BCUT2D eigenvalue weighted by Gasteiger charge is -2.35. The largest absolute Gasteiger partial charge is 0.340 e. The number of hydrogen-bond donors (Lipinski definition) is 0. The molecule has 9 heteroatoms. The second kappa shape index (κ2) is 6.71. The predicted molar refractivity (Wildman–Crippen MR) is 96.0 cm³/mol. The number of amides is 1. The molecule has 2 aliphatic heterocycles. The molecule has 138 valence electrons. The molecule has 1 atom stereocenters. The van der Waals surface area contributed by atoms with Crippen molar-refractivity contribution in [2.45, 2.75) is 31.1 Å². The molecule has 1 amide bonds. The van der Waals surface area contributed by atoms with E-state index in [1.807, 2.05) is 24.3 Å². The van der Waals surface area contributed by atoms with Gasteiger partial charge in [0.15, 0.2) is 0 Å². The Morgan fingerprint density at radius 2 is 2.08 bits per heavy atom. The minimum Gasteiger partial charge on any atom is -0.340 e. The fourth-order valence-corrected chi connectivity index (χ4v) is 5.71. The van der Waals surface area contributed by atoms with Gasteiger partial charge in [0.2, 0.25) is 15.9 Å². The van der Waals surface area contributed by atoms with E-state index >= 15 is 0 Å². The number of benzene rings is 1. The molecule has 0 aliphatic carbocycles. The number of fused-ring (bicyclic) bond motifs is 1. The number of nitrogens with zero attached hydrogens (tertiary/aromatic N) is 5. The van der Waals surface area contributed by atoms with Crippen molar-refractivity contribution in [3.05, 3.63) is 42.2 Å². The summed E-state index contributed by atoms with van der Waals surface area (Å²) < 4.78 is 29.4. The maximum atomic E-state index is 13.2. The monoisotopic (exact) mass is 375 g/mol. The molecule has 1 fully saturated rings. The molecule has 1 aromatic heterocycles. The van der Waals surface area contributed by atoms with Crippen LogP contribution in [0.15, 0.2) is 36.7 Å². The highest BCUT2D eigenvalue weighted by atomic mass is 32.2. The van der Waals surface area contributed by atoms with Crippen LogP contribution in [0.2, 0.25) is 0 Å². The summed E-state index contributed by atoms with van der Waals surface area (Å²) in [4.78, 5) is 14.1. The van der Waals surface area contributed by atoms with Gasteiger partial charge >= 0.3 is 0 Å². The first-order valence-electron chi connectivity index (χ1n) is 8.77. The maximum Gasteiger partial charge on any atom is 0.244 e. The second-order valence-corrected chi connectivity index (χ2v) is 8.84. The van der Waals surface area contributed by atoms with E-state index < -0.39 is 15.3 Å². The Morgan fingerprint density at radius 1 is 1.23 bits per heavy atom. The third-order valence-corrected chi connectivity index (χ3v) is 7.29. The fraction of sp³-hybridized carbons (Fsp3) is 0.471. The number of likely N-dealkylation sites (tertiary alicyclic amines) is 1. The lowest BCUT2D eigenvalue weighted by molar-refractivity contribution is -0.132. The molecule has 0 unspecified atom stereocenters. The smallest absolute Gasteiger partial charge is 0.244 e. The second-order valence-electron chi connectivity index (χ2n) is 6.70. The molecule has 4 rings (SSSR count). The zero-order chi connectivity index (χ0) is 18.1. The Morgan fingerprint density at radius 3 is 2.88 bits per heavy atom. The number of aromatic nitrogens is 3. The van der Waals surface area contributed by atoms with Crippen molar-refractivity contribution in [1.82, 2.24) is 19.9 Å². The van der Waals surface area contributed by atoms with Gasteiger partial charge in [-0.25, -0.2) is 13.1 Å². The van der Waals surface area contributed by atoms with Gasteiger partial charge in [0.1, 0.15) is 6.54 Å². The summed E-state index contributed by atoms with van der Waals surface area (Å²) >= 11 is 0. The van der Waals surface area contributed by atoms with Gasteiger partial charge in [-0.15, -0.1) is 5.10 Å². The maximum absolute atomic E-state index is 13.2. The van der Waals surface area contributed by atoms with E-state index in [2.05, 4.69) is 10.3 Å². The van der Waals surface area contributed by atoms with Gasteiger partial charge in [0.25, 0.3) is 0 Å². The predicted octanol–water partition coefficient (Wildman–Crippen LogP) is 0.662. The third kappa shape index (κ3) is 3.07. The van der Waals surface area contributed by atoms with Crippen LogP contribution in [-0.2, 0) is 27.8 Å². The molecule has 8 nitrogen and oxygen atoms in total. The van der Waals surface area contributed by atoms with Crippen LogP contribution in [0.4, 0.5) is 5.69 Å². The average Bonchev–Trinajstić information content (AvgIpc) is 3.31. The molecule has 0 saturated carbocycles. The van der Waals surface area contributed by atoms with E-state index in [4.69, 9.17) is 0 Å². The zero-order valence-electron chi connectivity index (χ0n) is 14.4. The van der Waals surface area contributed by atoms with E-state index in [-0.39, 0.29) is 19.0 Å². The molecule has 2 aromatic rings. The molecular formula is C17H21N5O3S. The van der Waals surface area contributed by atoms with Crippen molar-refractivity contribution < 1.29 is 13.2 Å². The summed E-state index contributed by atoms with van der Waals surface area (Å²) in [5.41, 5.74) is 1.84. The van der Waals surface area contributed by atoms with E-state index in [0.29, 0.717) is 25.9 Å². The van der Waals surface area contributed by atoms with Crippen LogP contribution in [0.1, 0.15) is 18.4 Å². The van der Waals surface area contributed by atoms with Gasteiger partial charge in [-0.05, 0) is 30.9 Å². The Hall–Kier alpha value is -2.42. The van der Waals surface area contributed by atoms with Gasteiger partial charge in [-0.1, -0.05) is 23.4 Å². The SMILES string of the molecule is O=C(Cn1ccnn1)N1CCC[C@@H](S(=O)(=O)N2CCc3ccccc32)C1. The standard InChI is InChI=1S/C17H21N5O3S/c23-17(13-21-11-8-18-19-21)20-9-3-5-15(12-20)26(24,25)22-10-7-14-4-1-2-6-16(14)22/h1-2,4,6,8,11,15H,3,5,7,9-10,12-13H2/t15-/m1/s1. The van der Waals surface area contributed by atoms with Crippen LogP contribution in [0.25, 0.3) is 0 Å². The summed E-state index contributed by atoms with van der Waals surface area (Å²) in [7, 11) is -3.50. The van der Waals surface area contributed by atoms with E-state index in [0.717, 1.165) is 17.7 Å². The number of para-hydroxylation sites is 1. The van der Waals surface area contributed by atoms with Crippen LogP contribution in [-0.4, -0.2) is 59.1 Å². The number of sulfonamides is 1. The Balaban J connectivity index is 1.49. The van der Waals surface area contributed by atoms with Crippen molar-refractivity contribution in [2.75, 3.05) is 23.9 Å². The number of carbonyl (C=O) groups excluding carboxylic acids is 1. The van der Waals surface area contributed by atoms with Gasteiger partial charge in [-0.2, -0.15) is 0 Å². The molecule has 0 bridgehead atoms. The van der Waals surface area contributed by atoms with Crippen molar-refractivity contribution in [3.63, 3.8) is 0 Å². The summed E-state index contributed by atoms with van der Waals surface area (Å²) in [5, 5.41) is 6.92. The average molecular weight is 375 g/mol. The highest BCUT2D eigenvalue weighted by Crippen LogP contribution is 2.33. The molecule has 3 heterocycles. The number of rotatable bonds is 4. The number of piperidine rings is 1. The first kappa shape index (κ1) is 17.0. The minimum atomic E-state index is -3.50. The minimum absolute atomic E-state index is 0.0827. The van der Waals surface area contributed by atoms with Crippen LogP contribution >= 0.6 is 0 Å². The number of carbonyl (C=O) groups is 1. The summed E-state index contributed by atoms with van der Waals surface area (Å²) in [6.07, 6.45) is 5.13. The van der Waals surface area contributed by atoms with Crippen molar-refractivity contribution in [2.24, 2.45) is 0 Å². The molecule has 0 N–H and O–H groups in total. The highest BCUT2D eigenvalue weighted by molar-refractivity contribution is 7.93.